The highest BCUT2D eigenvalue weighted by Gasteiger charge is 2.33. The first kappa shape index (κ1) is 23.6. The van der Waals surface area contributed by atoms with E-state index in [1.54, 1.807) is 7.05 Å². The van der Waals surface area contributed by atoms with Crippen molar-refractivity contribution in [2.75, 3.05) is 43.4 Å². The number of carbonyl (C=O) groups excluding carboxylic acids is 4. The third-order valence-corrected chi connectivity index (χ3v) is 5.83. The van der Waals surface area contributed by atoms with E-state index >= 15 is 0 Å². The number of likely N-dealkylation sites (N-methyl/N-ethyl adjacent to an activating group) is 1. The lowest BCUT2D eigenvalue weighted by atomic mass is 10.1. The van der Waals surface area contributed by atoms with Crippen LogP contribution >= 0.6 is 0 Å². The SMILES string of the molecule is CCCC(NC(=O)CCCN1C(=O)CN(C)C1=O)C(=O)Nc1cccc(N2CCCC2)c1. The first-order chi connectivity index (χ1) is 15.4. The predicted octanol–water partition coefficient (Wildman–Crippen LogP) is 2.18. The average Bonchev–Trinajstić information content (AvgIpc) is 3.38. The van der Waals surface area contributed by atoms with Crippen LogP contribution in [0.25, 0.3) is 0 Å². The monoisotopic (exact) mass is 443 g/mol. The Hall–Kier alpha value is -3.10. The number of carbonyl (C=O) groups is 4. The standard InChI is InChI=1S/C23H33N5O4/c1-3-8-19(25-20(29)11-7-14-28-21(30)16-26(2)23(28)32)22(31)24-17-9-6-10-18(15-17)27-12-4-5-13-27/h6,9-10,15,19H,3-5,7-8,11-14,16H2,1-2H3,(H,24,31)(H,25,29). The van der Waals surface area contributed by atoms with Gasteiger partial charge in [-0.15, -0.1) is 0 Å². The van der Waals surface area contributed by atoms with Crippen LogP contribution in [0, 0.1) is 0 Å². The summed E-state index contributed by atoms with van der Waals surface area (Å²) in [6, 6.07) is 6.81. The van der Waals surface area contributed by atoms with Crippen molar-refractivity contribution in [2.24, 2.45) is 0 Å². The fourth-order valence-electron chi connectivity index (χ4n) is 4.10. The van der Waals surface area contributed by atoms with E-state index in [4.69, 9.17) is 0 Å². The van der Waals surface area contributed by atoms with E-state index in [0.717, 1.165) is 30.1 Å². The van der Waals surface area contributed by atoms with Crippen LogP contribution in [-0.4, -0.2) is 72.8 Å². The number of anilines is 2. The molecule has 9 nitrogen and oxygen atoms in total. The zero-order valence-electron chi connectivity index (χ0n) is 18.9. The molecule has 2 saturated heterocycles. The Morgan fingerprint density at radius 1 is 1.16 bits per heavy atom. The summed E-state index contributed by atoms with van der Waals surface area (Å²) < 4.78 is 0. The molecule has 0 radical (unpaired) electrons. The Kier molecular flexibility index (Phi) is 8.08. The first-order valence-corrected chi connectivity index (χ1v) is 11.4. The second-order valence-electron chi connectivity index (χ2n) is 8.43. The predicted molar refractivity (Wildman–Crippen MR) is 122 cm³/mol. The molecule has 1 unspecified atom stereocenters. The molecule has 5 amide bonds. The Morgan fingerprint density at radius 3 is 2.56 bits per heavy atom. The fraction of sp³-hybridized carbons (Fsp3) is 0.565. The third kappa shape index (κ3) is 5.99. The van der Waals surface area contributed by atoms with Crippen LogP contribution in [0.3, 0.4) is 0 Å². The van der Waals surface area contributed by atoms with Gasteiger partial charge in [0.1, 0.15) is 12.6 Å². The van der Waals surface area contributed by atoms with Crippen molar-refractivity contribution in [1.82, 2.24) is 15.1 Å². The highest BCUT2D eigenvalue weighted by molar-refractivity contribution is 6.02. The summed E-state index contributed by atoms with van der Waals surface area (Å²) in [7, 11) is 1.57. The van der Waals surface area contributed by atoms with Gasteiger partial charge in [-0.3, -0.25) is 19.3 Å². The Labute approximate surface area is 189 Å². The molecule has 0 aliphatic carbocycles. The van der Waals surface area contributed by atoms with Gasteiger partial charge in [0.05, 0.1) is 0 Å². The van der Waals surface area contributed by atoms with Gasteiger partial charge in [0, 0.05) is 44.5 Å². The summed E-state index contributed by atoms with van der Waals surface area (Å²) in [5.74, 6) is -0.764. The van der Waals surface area contributed by atoms with Gasteiger partial charge in [0.25, 0.3) is 0 Å². The van der Waals surface area contributed by atoms with Gasteiger partial charge in [0.15, 0.2) is 0 Å². The molecule has 0 saturated carbocycles. The number of imide groups is 1. The molecule has 1 atom stereocenters. The van der Waals surface area contributed by atoms with Gasteiger partial charge in [-0.2, -0.15) is 0 Å². The van der Waals surface area contributed by atoms with Gasteiger partial charge >= 0.3 is 6.03 Å². The molecule has 2 fully saturated rings. The maximum absolute atomic E-state index is 12.8. The smallest absolute Gasteiger partial charge is 0.326 e. The highest BCUT2D eigenvalue weighted by Crippen LogP contribution is 2.23. The molecular formula is C23H33N5O4. The van der Waals surface area contributed by atoms with Crippen molar-refractivity contribution >= 4 is 35.1 Å². The van der Waals surface area contributed by atoms with Gasteiger partial charge < -0.3 is 20.4 Å². The van der Waals surface area contributed by atoms with Crippen LogP contribution in [-0.2, 0) is 14.4 Å². The van der Waals surface area contributed by atoms with Crippen molar-refractivity contribution < 1.29 is 19.2 Å². The summed E-state index contributed by atoms with van der Waals surface area (Å²) in [5, 5.41) is 5.73. The van der Waals surface area contributed by atoms with E-state index in [-0.39, 0.29) is 43.3 Å². The van der Waals surface area contributed by atoms with Crippen molar-refractivity contribution in [3.8, 4) is 0 Å². The van der Waals surface area contributed by atoms with E-state index in [1.807, 2.05) is 31.2 Å². The second-order valence-corrected chi connectivity index (χ2v) is 8.43. The fourth-order valence-corrected chi connectivity index (χ4v) is 4.10. The molecule has 3 rings (SSSR count). The number of amides is 5. The number of benzene rings is 1. The molecule has 9 heteroatoms. The average molecular weight is 444 g/mol. The maximum Gasteiger partial charge on any atom is 0.326 e. The number of hydrogen-bond acceptors (Lipinski definition) is 5. The molecule has 1 aromatic rings. The number of nitrogens with zero attached hydrogens (tertiary/aromatic N) is 3. The van der Waals surface area contributed by atoms with Crippen LogP contribution < -0.4 is 15.5 Å². The first-order valence-electron chi connectivity index (χ1n) is 11.4. The summed E-state index contributed by atoms with van der Waals surface area (Å²) in [4.78, 5) is 53.8. The molecule has 2 aliphatic rings. The third-order valence-electron chi connectivity index (χ3n) is 5.83. The zero-order chi connectivity index (χ0) is 23.1. The van der Waals surface area contributed by atoms with E-state index < -0.39 is 6.04 Å². The number of urea groups is 1. The molecular weight excluding hydrogens is 410 g/mol. The Morgan fingerprint density at radius 2 is 1.91 bits per heavy atom. The molecule has 2 N–H and O–H groups in total. The maximum atomic E-state index is 12.8. The van der Waals surface area contributed by atoms with Crippen LogP contribution in [0.4, 0.5) is 16.2 Å². The Balaban J connectivity index is 1.50. The molecule has 1 aromatic carbocycles. The highest BCUT2D eigenvalue weighted by atomic mass is 16.2. The second kappa shape index (κ2) is 11.0. The minimum atomic E-state index is -0.635. The summed E-state index contributed by atoms with van der Waals surface area (Å²) in [6.07, 6.45) is 4.12. The quantitative estimate of drug-likeness (QED) is 0.540. The van der Waals surface area contributed by atoms with Crippen molar-refractivity contribution in [1.29, 1.82) is 0 Å². The van der Waals surface area contributed by atoms with Gasteiger partial charge in [0.2, 0.25) is 17.7 Å². The van der Waals surface area contributed by atoms with E-state index in [2.05, 4.69) is 15.5 Å². The van der Waals surface area contributed by atoms with Gasteiger partial charge in [-0.1, -0.05) is 19.4 Å². The van der Waals surface area contributed by atoms with E-state index in [1.165, 1.54) is 17.7 Å². The summed E-state index contributed by atoms with van der Waals surface area (Å²) in [5.41, 5.74) is 1.80. The molecule has 0 bridgehead atoms. The molecule has 2 heterocycles. The van der Waals surface area contributed by atoms with Crippen LogP contribution in [0.15, 0.2) is 24.3 Å². The minimum Gasteiger partial charge on any atom is -0.371 e. The van der Waals surface area contributed by atoms with Crippen molar-refractivity contribution in [3.63, 3.8) is 0 Å². The van der Waals surface area contributed by atoms with Gasteiger partial charge in [-0.05, 0) is 43.9 Å². The molecule has 2 aliphatic heterocycles. The lowest BCUT2D eigenvalue weighted by Gasteiger charge is -2.21. The van der Waals surface area contributed by atoms with Gasteiger partial charge in [-0.25, -0.2) is 4.79 Å². The normalized spacial score (nSPS) is 17.1. The number of hydrogen-bond donors (Lipinski definition) is 2. The minimum absolute atomic E-state index is 0.0722. The van der Waals surface area contributed by atoms with E-state index in [0.29, 0.717) is 18.5 Å². The van der Waals surface area contributed by atoms with Crippen molar-refractivity contribution in [3.05, 3.63) is 24.3 Å². The van der Waals surface area contributed by atoms with Crippen LogP contribution in [0.1, 0.15) is 45.4 Å². The lowest BCUT2D eigenvalue weighted by Crippen LogP contribution is -2.44. The van der Waals surface area contributed by atoms with Crippen molar-refractivity contribution in [2.45, 2.75) is 51.5 Å². The summed E-state index contributed by atoms with van der Waals surface area (Å²) in [6.45, 7) is 4.28. The number of rotatable bonds is 10. The topological polar surface area (TPSA) is 102 Å². The molecule has 174 valence electrons. The van der Waals surface area contributed by atoms with E-state index in [9.17, 15) is 19.2 Å². The van der Waals surface area contributed by atoms with Crippen LogP contribution in [0.2, 0.25) is 0 Å². The summed E-state index contributed by atoms with van der Waals surface area (Å²) >= 11 is 0. The Bertz CT molecular complexity index is 853. The zero-order valence-corrected chi connectivity index (χ0v) is 18.9. The molecule has 0 aromatic heterocycles. The number of nitrogens with one attached hydrogen (secondary N) is 2. The molecule has 0 spiro atoms. The van der Waals surface area contributed by atoms with Crippen LogP contribution in [0.5, 0.6) is 0 Å². The molecule has 32 heavy (non-hydrogen) atoms. The largest absolute Gasteiger partial charge is 0.371 e. The lowest BCUT2D eigenvalue weighted by molar-refractivity contribution is -0.127.